The highest BCUT2D eigenvalue weighted by Gasteiger charge is 2.11. The van der Waals surface area contributed by atoms with Gasteiger partial charge in [-0.1, -0.05) is 51.5 Å². The fourth-order valence-electron chi connectivity index (χ4n) is 2.80. The van der Waals surface area contributed by atoms with Crippen LogP contribution in [0.2, 0.25) is 0 Å². The minimum absolute atomic E-state index is 0.00395. The number of ketones is 1. The first-order valence-electron chi connectivity index (χ1n) is 9.43. The summed E-state index contributed by atoms with van der Waals surface area (Å²) in [5.41, 5.74) is 1.90. The average molecular weight is 355 g/mol. The molecule has 0 atom stereocenters. The number of benzene rings is 1. The molecule has 2 rings (SSSR count). The van der Waals surface area contributed by atoms with Crippen molar-refractivity contribution in [2.75, 3.05) is 5.32 Å². The molecule has 5 heteroatoms. The van der Waals surface area contributed by atoms with E-state index in [1.165, 1.54) is 5.56 Å². The maximum absolute atomic E-state index is 12.3. The maximum Gasteiger partial charge on any atom is 0.225 e. The Morgan fingerprint density at radius 1 is 1.12 bits per heavy atom. The molecule has 0 fully saturated rings. The van der Waals surface area contributed by atoms with Gasteiger partial charge >= 0.3 is 0 Å². The van der Waals surface area contributed by atoms with Crippen molar-refractivity contribution in [3.63, 3.8) is 0 Å². The summed E-state index contributed by atoms with van der Waals surface area (Å²) in [5, 5.41) is 7.06. The number of rotatable bonds is 10. The molecule has 1 heterocycles. The summed E-state index contributed by atoms with van der Waals surface area (Å²) in [4.78, 5) is 24.4. The predicted octanol–water partition coefficient (Wildman–Crippen LogP) is 4.48. The van der Waals surface area contributed by atoms with Gasteiger partial charge in [-0.25, -0.2) is 4.68 Å². The Balaban J connectivity index is 1.83. The van der Waals surface area contributed by atoms with Gasteiger partial charge in [0, 0.05) is 31.0 Å². The zero-order chi connectivity index (χ0) is 18.9. The third kappa shape index (κ3) is 6.14. The summed E-state index contributed by atoms with van der Waals surface area (Å²) in [7, 11) is 0. The van der Waals surface area contributed by atoms with Gasteiger partial charge in [0.25, 0.3) is 0 Å². The Hall–Kier alpha value is -2.43. The first-order chi connectivity index (χ1) is 12.5. The number of anilines is 1. The van der Waals surface area contributed by atoms with Gasteiger partial charge in [-0.3, -0.25) is 9.59 Å². The number of hydrogen-bond donors (Lipinski definition) is 1. The first kappa shape index (κ1) is 19.9. The smallest absolute Gasteiger partial charge is 0.225 e. The minimum atomic E-state index is -0.159. The lowest BCUT2D eigenvalue weighted by Crippen LogP contribution is -2.16. The summed E-state index contributed by atoms with van der Waals surface area (Å²) in [5.74, 6) is 1.11. The molecule has 5 nitrogen and oxygen atoms in total. The second kappa shape index (κ2) is 9.90. The molecule has 1 amide bonds. The van der Waals surface area contributed by atoms with Crippen molar-refractivity contribution in [2.45, 2.75) is 59.4 Å². The van der Waals surface area contributed by atoms with E-state index in [9.17, 15) is 9.59 Å². The second-order valence-electron chi connectivity index (χ2n) is 7.06. The van der Waals surface area contributed by atoms with Crippen molar-refractivity contribution >= 4 is 17.5 Å². The van der Waals surface area contributed by atoms with Gasteiger partial charge in [0.05, 0.1) is 6.20 Å². The Morgan fingerprint density at radius 2 is 1.85 bits per heavy atom. The highest BCUT2D eigenvalue weighted by Crippen LogP contribution is 2.13. The topological polar surface area (TPSA) is 64.0 Å². The molecule has 26 heavy (non-hydrogen) atoms. The van der Waals surface area contributed by atoms with Gasteiger partial charge < -0.3 is 5.32 Å². The lowest BCUT2D eigenvalue weighted by Gasteiger charge is -2.09. The van der Waals surface area contributed by atoms with Crippen LogP contribution in [0.25, 0.3) is 0 Å². The van der Waals surface area contributed by atoms with E-state index in [0.717, 1.165) is 25.8 Å². The Morgan fingerprint density at radius 3 is 2.50 bits per heavy atom. The number of unbranched alkanes of at least 4 members (excludes halogenated alkanes) is 1. The highest BCUT2D eigenvalue weighted by atomic mass is 16.2. The molecule has 140 valence electrons. The van der Waals surface area contributed by atoms with Crippen molar-refractivity contribution < 1.29 is 9.59 Å². The summed E-state index contributed by atoms with van der Waals surface area (Å²) >= 11 is 0. The van der Waals surface area contributed by atoms with Gasteiger partial charge in [0.2, 0.25) is 5.91 Å². The Labute approximate surface area is 155 Å². The van der Waals surface area contributed by atoms with E-state index in [0.29, 0.717) is 17.3 Å². The van der Waals surface area contributed by atoms with E-state index in [1.54, 1.807) is 16.9 Å². The van der Waals surface area contributed by atoms with Crippen molar-refractivity contribution in [3.8, 4) is 0 Å². The minimum Gasteiger partial charge on any atom is -0.311 e. The molecule has 0 unspecified atom stereocenters. The molecular weight excluding hydrogens is 326 g/mol. The zero-order valence-corrected chi connectivity index (χ0v) is 16.0. The van der Waals surface area contributed by atoms with Crippen LogP contribution in [0.4, 0.5) is 5.82 Å². The number of aromatic nitrogens is 2. The molecule has 0 radical (unpaired) electrons. The SMILES string of the molecule is CCCCn1nccc1NC(=O)CCC(=O)c1ccc(CC(C)C)cc1. The van der Waals surface area contributed by atoms with Crippen LogP contribution in [0.1, 0.15) is 62.4 Å². The van der Waals surface area contributed by atoms with E-state index < -0.39 is 0 Å². The first-order valence-corrected chi connectivity index (χ1v) is 9.43. The van der Waals surface area contributed by atoms with E-state index in [-0.39, 0.29) is 24.5 Å². The quantitative estimate of drug-likeness (QED) is 0.639. The molecule has 0 spiro atoms. The van der Waals surface area contributed by atoms with E-state index >= 15 is 0 Å². The van der Waals surface area contributed by atoms with E-state index in [2.05, 4.69) is 31.2 Å². The number of carbonyl (C=O) groups is 2. The maximum atomic E-state index is 12.3. The van der Waals surface area contributed by atoms with Gasteiger partial charge in [0.15, 0.2) is 5.78 Å². The standard InChI is InChI=1S/C21H29N3O2/c1-4-5-14-24-20(12-13-22-24)23-21(26)11-10-19(25)18-8-6-17(7-9-18)15-16(2)3/h6-9,12-13,16H,4-5,10-11,14-15H2,1-3H3,(H,23,26). The van der Waals surface area contributed by atoms with E-state index in [4.69, 9.17) is 0 Å². The number of carbonyl (C=O) groups excluding carboxylic acids is 2. The summed E-state index contributed by atoms with van der Waals surface area (Å²) in [6.45, 7) is 7.24. The van der Waals surface area contributed by atoms with Gasteiger partial charge in [-0.2, -0.15) is 5.10 Å². The molecule has 0 bridgehead atoms. The van der Waals surface area contributed by atoms with Crippen LogP contribution in [-0.4, -0.2) is 21.5 Å². The summed E-state index contributed by atoms with van der Waals surface area (Å²) < 4.78 is 1.79. The molecule has 0 saturated carbocycles. The van der Waals surface area contributed by atoms with Crippen molar-refractivity contribution in [1.82, 2.24) is 9.78 Å². The predicted molar refractivity (Wildman–Crippen MR) is 104 cm³/mol. The van der Waals surface area contributed by atoms with Crippen LogP contribution in [0.5, 0.6) is 0 Å². The number of aryl methyl sites for hydroxylation is 1. The fourth-order valence-corrected chi connectivity index (χ4v) is 2.80. The number of hydrogen-bond acceptors (Lipinski definition) is 3. The average Bonchev–Trinajstić information content (AvgIpc) is 3.05. The van der Waals surface area contributed by atoms with Crippen LogP contribution in [0.3, 0.4) is 0 Å². The number of nitrogens with one attached hydrogen (secondary N) is 1. The molecule has 1 aromatic heterocycles. The normalized spacial score (nSPS) is 10.9. The van der Waals surface area contributed by atoms with Crippen LogP contribution >= 0.6 is 0 Å². The molecule has 0 aliphatic carbocycles. The van der Waals surface area contributed by atoms with Crippen LogP contribution in [0, 0.1) is 5.92 Å². The fraction of sp³-hybridized carbons (Fsp3) is 0.476. The van der Waals surface area contributed by atoms with Crippen LogP contribution < -0.4 is 5.32 Å². The monoisotopic (exact) mass is 355 g/mol. The van der Waals surface area contributed by atoms with Crippen molar-refractivity contribution in [3.05, 3.63) is 47.7 Å². The Bertz CT molecular complexity index is 717. The van der Waals surface area contributed by atoms with Crippen LogP contribution in [-0.2, 0) is 17.8 Å². The highest BCUT2D eigenvalue weighted by molar-refractivity contribution is 5.99. The van der Waals surface area contributed by atoms with Crippen LogP contribution in [0.15, 0.2) is 36.5 Å². The third-order valence-corrected chi connectivity index (χ3v) is 4.21. The van der Waals surface area contributed by atoms with Crippen molar-refractivity contribution in [1.29, 1.82) is 0 Å². The second-order valence-corrected chi connectivity index (χ2v) is 7.06. The van der Waals surface area contributed by atoms with Gasteiger partial charge in [0.1, 0.15) is 5.82 Å². The lowest BCUT2D eigenvalue weighted by molar-refractivity contribution is -0.116. The lowest BCUT2D eigenvalue weighted by atomic mass is 9.99. The summed E-state index contributed by atoms with van der Waals surface area (Å²) in [6, 6.07) is 9.50. The van der Waals surface area contributed by atoms with Crippen molar-refractivity contribution in [2.24, 2.45) is 5.92 Å². The molecule has 1 N–H and O–H groups in total. The number of amides is 1. The summed E-state index contributed by atoms with van der Waals surface area (Å²) in [6.07, 6.45) is 5.13. The van der Waals surface area contributed by atoms with Gasteiger partial charge in [-0.05, 0) is 24.3 Å². The number of Topliss-reactive ketones (excluding diaryl/α,β-unsaturated/α-hetero) is 1. The van der Waals surface area contributed by atoms with Gasteiger partial charge in [-0.15, -0.1) is 0 Å². The Kier molecular flexibility index (Phi) is 7.57. The zero-order valence-electron chi connectivity index (χ0n) is 16.0. The molecule has 0 aliphatic rings. The molecule has 2 aromatic rings. The van der Waals surface area contributed by atoms with E-state index in [1.807, 2.05) is 24.3 Å². The molecular formula is C21H29N3O2. The largest absolute Gasteiger partial charge is 0.311 e. The molecule has 1 aromatic carbocycles. The number of nitrogens with zero attached hydrogens (tertiary/aromatic N) is 2. The third-order valence-electron chi connectivity index (χ3n) is 4.21. The molecule has 0 aliphatic heterocycles. The molecule has 0 saturated heterocycles.